The molecule has 4 heteroatoms. The van der Waals surface area contributed by atoms with E-state index in [9.17, 15) is 15.0 Å². The number of hydrogen-bond donors (Lipinski definition) is 2. The number of esters is 1. The molecule has 0 radical (unpaired) electrons. The monoisotopic (exact) mass is 268 g/mol. The summed E-state index contributed by atoms with van der Waals surface area (Å²) in [6.07, 6.45) is 9.98. The van der Waals surface area contributed by atoms with Gasteiger partial charge in [0.15, 0.2) is 5.79 Å². The van der Waals surface area contributed by atoms with Crippen LogP contribution in [0.1, 0.15) is 39.5 Å². The van der Waals surface area contributed by atoms with Crippen LogP contribution in [-0.4, -0.2) is 28.6 Å². The molecule has 0 aromatic heterocycles. The van der Waals surface area contributed by atoms with E-state index in [1.54, 1.807) is 6.08 Å². The maximum Gasteiger partial charge on any atom is 0.318 e. The average Bonchev–Trinajstić information content (AvgIpc) is 2.38. The summed E-state index contributed by atoms with van der Waals surface area (Å²) < 4.78 is 5.22. The summed E-state index contributed by atoms with van der Waals surface area (Å²) >= 11 is 0. The number of carbonyl (C=O) groups excluding carboxylic acids is 1. The van der Waals surface area contributed by atoms with Crippen molar-refractivity contribution in [3.05, 3.63) is 24.3 Å². The lowest BCUT2D eigenvalue weighted by atomic mass is 9.94. The number of carbonyl (C=O) groups is 1. The van der Waals surface area contributed by atoms with Gasteiger partial charge in [-0.25, -0.2) is 0 Å². The van der Waals surface area contributed by atoms with E-state index in [1.165, 1.54) is 18.2 Å². The van der Waals surface area contributed by atoms with E-state index in [-0.39, 0.29) is 0 Å². The number of allylic oxidation sites excluding steroid dienone is 2. The zero-order chi connectivity index (χ0) is 14.3. The highest BCUT2D eigenvalue weighted by Gasteiger charge is 2.38. The molecule has 0 aromatic rings. The van der Waals surface area contributed by atoms with E-state index >= 15 is 0 Å². The molecule has 2 atom stereocenters. The summed E-state index contributed by atoms with van der Waals surface area (Å²) in [4.78, 5) is 11.9. The van der Waals surface area contributed by atoms with Crippen molar-refractivity contribution in [2.24, 2.45) is 11.8 Å². The fourth-order valence-corrected chi connectivity index (χ4v) is 2.06. The lowest BCUT2D eigenvalue weighted by Gasteiger charge is -2.27. The van der Waals surface area contributed by atoms with Gasteiger partial charge in [0.05, 0.1) is 6.61 Å². The summed E-state index contributed by atoms with van der Waals surface area (Å²) in [5.41, 5.74) is 0. The van der Waals surface area contributed by atoms with Crippen LogP contribution >= 0.6 is 0 Å². The highest BCUT2D eigenvalue weighted by Crippen LogP contribution is 2.24. The molecule has 0 saturated heterocycles. The van der Waals surface area contributed by atoms with Gasteiger partial charge in [-0.3, -0.25) is 4.79 Å². The number of unbranched alkanes of at least 4 members (excludes halogenated alkanes) is 1. The molecular weight excluding hydrogens is 244 g/mol. The fourth-order valence-electron chi connectivity index (χ4n) is 2.06. The molecule has 0 aromatic carbocycles. The summed E-state index contributed by atoms with van der Waals surface area (Å²) in [6.45, 7) is 4.54. The lowest BCUT2D eigenvalue weighted by Crippen LogP contribution is -2.41. The van der Waals surface area contributed by atoms with Gasteiger partial charge in [-0.2, -0.15) is 0 Å². The second-order valence-corrected chi connectivity index (χ2v) is 5.05. The van der Waals surface area contributed by atoms with Crippen LogP contribution in [0, 0.1) is 11.8 Å². The van der Waals surface area contributed by atoms with Gasteiger partial charge in [-0.15, -0.1) is 0 Å². The molecule has 108 valence electrons. The van der Waals surface area contributed by atoms with Gasteiger partial charge in [-0.1, -0.05) is 51.3 Å². The molecule has 4 nitrogen and oxygen atoms in total. The average molecular weight is 268 g/mol. The molecule has 0 bridgehead atoms. The van der Waals surface area contributed by atoms with E-state index < -0.39 is 17.7 Å². The van der Waals surface area contributed by atoms with Crippen LogP contribution < -0.4 is 0 Å². The topological polar surface area (TPSA) is 66.8 Å². The van der Waals surface area contributed by atoms with Crippen LogP contribution in [0.5, 0.6) is 0 Å². The van der Waals surface area contributed by atoms with Crippen molar-refractivity contribution in [2.45, 2.75) is 45.3 Å². The van der Waals surface area contributed by atoms with Gasteiger partial charge in [0, 0.05) is 0 Å². The molecule has 0 saturated carbocycles. The predicted molar refractivity (Wildman–Crippen MR) is 73.2 cm³/mol. The minimum atomic E-state index is -2.14. The van der Waals surface area contributed by atoms with Crippen molar-refractivity contribution in [3.63, 3.8) is 0 Å². The molecule has 2 N–H and O–H groups in total. The van der Waals surface area contributed by atoms with E-state index in [1.807, 2.05) is 0 Å². The molecule has 0 aliphatic heterocycles. The minimum Gasteiger partial charge on any atom is -0.465 e. The summed E-state index contributed by atoms with van der Waals surface area (Å²) in [5.74, 6) is -3.42. The van der Waals surface area contributed by atoms with Crippen LogP contribution in [0.25, 0.3) is 0 Å². The van der Waals surface area contributed by atoms with Crippen molar-refractivity contribution in [2.75, 3.05) is 6.61 Å². The second kappa shape index (κ2) is 7.46. The number of aliphatic hydroxyl groups is 2. The third-order valence-corrected chi connectivity index (χ3v) is 3.47. The maximum absolute atomic E-state index is 11.9. The number of rotatable bonds is 7. The van der Waals surface area contributed by atoms with Crippen LogP contribution in [0.3, 0.4) is 0 Å². The Labute approximate surface area is 114 Å². The van der Waals surface area contributed by atoms with Gasteiger partial charge in [0.1, 0.15) is 5.92 Å². The third-order valence-electron chi connectivity index (χ3n) is 3.47. The predicted octanol–water partition coefficient (Wildman–Crippen LogP) is 2.17. The van der Waals surface area contributed by atoms with Gasteiger partial charge in [0.2, 0.25) is 0 Å². The van der Waals surface area contributed by atoms with Gasteiger partial charge in [0.25, 0.3) is 0 Å². The van der Waals surface area contributed by atoms with E-state index in [2.05, 4.69) is 13.8 Å². The molecule has 0 heterocycles. The minimum absolute atomic E-state index is 0.346. The molecule has 1 aliphatic rings. The summed E-state index contributed by atoms with van der Waals surface area (Å²) in [5, 5.41) is 19.4. The Bertz CT molecular complexity index is 344. The zero-order valence-corrected chi connectivity index (χ0v) is 11.7. The maximum atomic E-state index is 11.9. The summed E-state index contributed by atoms with van der Waals surface area (Å²) in [6, 6.07) is 0. The largest absolute Gasteiger partial charge is 0.465 e. The smallest absolute Gasteiger partial charge is 0.318 e. The van der Waals surface area contributed by atoms with Crippen LogP contribution in [-0.2, 0) is 9.53 Å². The van der Waals surface area contributed by atoms with Gasteiger partial charge in [-0.05, 0) is 18.4 Å². The third kappa shape index (κ3) is 4.80. The molecule has 2 unspecified atom stereocenters. The molecular formula is C15H24O4. The van der Waals surface area contributed by atoms with Crippen LogP contribution in [0.15, 0.2) is 24.3 Å². The summed E-state index contributed by atoms with van der Waals surface area (Å²) in [7, 11) is 0. The van der Waals surface area contributed by atoms with Crippen molar-refractivity contribution in [1.29, 1.82) is 0 Å². The zero-order valence-electron chi connectivity index (χ0n) is 11.7. The van der Waals surface area contributed by atoms with E-state index in [0.717, 1.165) is 25.7 Å². The van der Waals surface area contributed by atoms with Gasteiger partial charge >= 0.3 is 5.97 Å². The first kappa shape index (κ1) is 15.9. The Balaban J connectivity index is 2.46. The van der Waals surface area contributed by atoms with Crippen molar-refractivity contribution >= 4 is 5.97 Å². The molecule has 0 amide bonds. The Morgan fingerprint density at radius 3 is 2.68 bits per heavy atom. The van der Waals surface area contributed by atoms with Crippen molar-refractivity contribution < 1.29 is 19.7 Å². The first-order valence-corrected chi connectivity index (χ1v) is 6.98. The Kier molecular flexibility index (Phi) is 6.25. The van der Waals surface area contributed by atoms with Crippen molar-refractivity contribution in [1.82, 2.24) is 0 Å². The molecule has 0 fully saturated rings. The number of ether oxygens (including phenoxy) is 1. The second-order valence-electron chi connectivity index (χ2n) is 5.05. The highest BCUT2D eigenvalue weighted by atomic mass is 16.5. The molecule has 0 spiro atoms. The first-order chi connectivity index (χ1) is 9.01. The molecule has 1 rings (SSSR count). The van der Waals surface area contributed by atoms with Gasteiger partial charge < -0.3 is 14.9 Å². The Morgan fingerprint density at radius 2 is 2.11 bits per heavy atom. The normalized spacial score (nSPS) is 22.2. The fraction of sp³-hybridized carbons (Fsp3) is 0.667. The Hall–Kier alpha value is -1.13. The number of hydrogen-bond acceptors (Lipinski definition) is 4. The Morgan fingerprint density at radius 1 is 1.37 bits per heavy atom. The van der Waals surface area contributed by atoms with Crippen molar-refractivity contribution in [3.8, 4) is 0 Å². The molecule has 19 heavy (non-hydrogen) atoms. The lowest BCUT2D eigenvalue weighted by molar-refractivity contribution is -0.182. The van der Waals surface area contributed by atoms with Crippen LogP contribution in [0.4, 0.5) is 0 Å². The molecule has 1 aliphatic carbocycles. The SMILES string of the molecule is CCCCC(CC)COC(=O)C1C=CC=CC1(O)O. The van der Waals surface area contributed by atoms with E-state index in [4.69, 9.17) is 4.74 Å². The quantitative estimate of drug-likeness (QED) is 0.548. The highest BCUT2D eigenvalue weighted by molar-refractivity contribution is 5.76. The standard InChI is InChI=1S/C15H24O4/c1-3-5-8-12(4-2)11-19-14(16)13-9-6-7-10-15(13,17)18/h6-7,9-10,12-13,17-18H,3-5,8,11H2,1-2H3. The van der Waals surface area contributed by atoms with Crippen LogP contribution in [0.2, 0.25) is 0 Å². The first-order valence-electron chi connectivity index (χ1n) is 6.98. The van der Waals surface area contributed by atoms with E-state index in [0.29, 0.717) is 12.5 Å².